The summed E-state index contributed by atoms with van der Waals surface area (Å²) in [6.45, 7) is 7.37. The Labute approximate surface area is 175 Å². The molecule has 30 heavy (non-hydrogen) atoms. The number of carbonyl (C=O) groups excluding carboxylic acids is 1. The fraction of sp³-hybridized carbons (Fsp3) is 0.455. The second-order valence-electron chi connectivity index (χ2n) is 7.49. The van der Waals surface area contributed by atoms with Crippen molar-refractivity contribution >= 4 is 11.6 Å². The summed E-state index contributed by atoms with van der Waals surface area (Å²) in [6, 6.07) is 7.06. The van der Waals surface area contributed by atoms with E-state index in [0.717, 1.165) is 26.1 Å². The van der Waals surface area contributed by atoms with Gasteiger partial charge in [-0.3, -0.25) is 14.5 Å². The highest BCUT2D eigenvalue weighted by Gasteiger charge is 2.18. The Morgan fingerprint density at radius 3 is 2.60 bits per heavy atom. The van der Waals surface area contributed by atoms with E-state index in [-0.39, 0.29) is 11.1 Å². The molecular formula is C22H27N3O5. The van der Waals surface area contributed by atoms with Gasteiger partial charge in [0.15, 0.2) is 11.5 Å². The Morgan fingerprint density at radius 2 is 1.80 bits per heavy atom. The molecule has 1 fully saturated rings. The third kappa shape index (κ3) is 4.66. The summed E-state index contributed by atoms with van der Waals surface area (Å²) >= 11 is 0. The van der Waals surface area contributed by atoms with Crippen LogP contribution in [-0.4, -0.2) is 61.4 Å². The number of benzene rings is 1. The lowest BCUT2D eigenvalue weighted by Crippen LogP contribution is -2.40. The standard InChI is InChI=1S/C22H27N3O5/c1-16-5-6-25(8-7-24-9-13-28-14-10-24)22(27)20(16)21(26)23-17-3-4-18-19(15-17)30-12-2-11-29-18/h3-6,15H,2,7-14H2,1H3,(H,23,26). The normalized spacial score (nSPS) is 16.7. The highest BCUT2D eigenvalue weighted by atomic mass is 16.5. The van der Waals surface area contributed by atoms with E-state index in [0.29, 0.717) is 55.7 Å². The van der Waals surface area contributed by atoms with Crippen LogP contribution in [-0.2, 0) is 11.3 Å². The number of fused-ring (bicyclic) bond motifs is 1. The quantitative estimate of drug-likeness (QED) is 0.806. The minimum Gasteiger partial charge on any atom is -0.490 e. The Hall–Kier alpha value is -2.84. The van der Waals surface area contributed by atoms with Crippen LogP contribution in [0.5, 0.6) is 11.5 Å². The number of hydrogen-bond acceptors (Lipinski definition) is 6. The molecule has 4 rings (SSSR count). The molecule has 8 nitrogen and oxygen atoms in total. The van der Waals surface area contributed by atoms with Crippen molar-refractivity contribution in [3.8, 4) is 11.5 Å². The van der Waals surface area contributed by atoms with Gasteiger partial charge in [-0.1, -0.05) is 0 Å². The summed E-state index contributed by atoms with van der Waals surface area (Å²) in [5.41, 5.74) is 1.09. The first-order valence-electron chi connectivity index (χ1n) is 10.3. The molecule has 0 bridgehead atoms. The van der Waals surface area contributed by atoms with E-state index in [4.69, 9.17) is 14.2 Å². The molecule has 160 valence electrons. The minimum absolute atomic E-state index is 0.159. The van der Waals surface area contributed by atoms with Gasteiger partial charge in [0, 0.05) is 50.6 Å². The van der Waals surface area contributed by atoms with Crippen LogP contribution in [0.1, 0.15) is 22.3 Å². The van der Waals surface area contributed by atoms with Crippen LogP contribution in [0.4, 0.5) is 5.69 Å². The van der Waals surface area contributed by atoms with Gasteiger partial charge in [0.1, 0.15) is 5.56 Å². The van der Waals surface area contributed by atoms with Crippen LogP contribution >= 0.6 is 0 Å². The van der Waals surface area contributed by atoms with Crippen LogP contribution in [0.25, 0.3) is 0 Å². The predicted octanol–water partition coefficient (Wildman–Crippen LogP) is 1.90. The number of rotatable bonds is 5. The monoisotopic (exact) mass is 413 g/mol. The molecule has 0 aliphatic carbocycles. The summed E-state index contributed by atoms with van der Waals surface area (Å²) < 4.78 is 18.3. The summed E-state index contributed by atoms with van der Waals surface area (Å²) in [6.07, 6.45) is 2.56. The van der Waals surface area contributed by atoms with Crippen molar-refractivity contribution in [2.24, 2.45) is 0 Å². The second-order valence-corrected chi connectivity index (χ2v) is 7.49. The Bertz CT molecular complexity index is 966. The fourth-order valence-corrected chi connectivity index (χ4v) is 3.63. The van der Waals surface area contributed by atoms with Crippen molar-refractivity contribution < 1.29 is 19.0 Å². The molecule has 3 heterocycles. The lowest BCUT2D eigenvalue weighted by atomic mass is 10.1. The maximum atomic E-state index is 13.0. The van der Waals surface area contributed by atoms with Crippen molar-refractivity contribution in [2.75, 3.05) is 51.4 Å². The zero-order valence-electron chi connectivity index (χ0n) is 17.2. The summed E-state index contributed by atoms with van der Waals surface area (Å²) in [5.74, 6) is 0.831. The maximum Gasteiger partial charge on any atom is 0.263 e. The van der Waals surface area contributed by atoms with E-state index in [1.165, 1.54) is 0 Å². The van der Waals surface area contributed by atoms with E-state index in [1.54, 1.807) is 35.9 Å². The number of hydrogen-bond donors (Lipinski definition) is 1. The van der Waals surface area contributed by atoms with Gasteiger partial charge in [-0.15, -0.1) is 0 Å². The Kier molecular flexibility index (Phi) is 6.35. The zero-order chi connectivity index (χ0) is 20.9. The first-order chi connectivity index (χ1) is 14.6. The average Bonchev–Trinajstić information content (AvgIpc) is 2.99. The number of ether oxygens (including phenoxy) is 3. The first kappa shape index (κ1) is 20.4. The molecule has 0 spiro atoms. The minimum atomic E-state index is -0.423. The van der Waals surface area contributed by atoms with Gasteiger partial charge < -0.3 is 24.1 Å². The van der Waals surface area contributed by atoms with Gasteiger partial charge in [0.05, 0.1) is 26.4 Å². The van der Waals surface area contributed by atoms with Crippen LogP contribution in [0, 0.1) is 6.92 Å². The molecular weight excluding hydrogens is 386 g/mol. The molecule has 1 amide bonds. The molecule has 1 saturated heterocycles. The summed E-state index contributed by atoms with van der Waals surface area (Å²) in [4.78, 5) is 28.2. The van der Waals surface area contributed by atoms with E-state index in [2.05, 4.69) is 10.2 Å². The van der Waals surface area contributed by atoms with E-state index < -0.39 is 5.91 Å². The highest BCUT2D eigenvalue weighted by molar-refractivity contribution is 6.05. The number of aryl methyl sites for hydroxylation is 1. The number of morpholine rings is 1. The smallest absolute Gasteiger partial charge is 0.263 e. The summed E-state index contributed by atoms with van der Waals surface area (Å²) in [5, 5.41) is 2.83. The topological polar surface area (TPSA) is 82.0 Å². The Balaban J connectivity index is 1.49. The highest BCUT2D eigenvalue weighted by Crippen LogP contribution is 2.32. The molecule has 8 heteroatoms. The van der Waals surface area contributed by atoms with Gasteiger partial charge in [-0.25, -0.2) is 0 Å². The van der Waals surface area contributed by atoms with Crippen LogP contribution < -0.4 is 20.3 Å². The largest absolute Gasteiger partial charge is 0.490 e. The number of anilines is 1. The third-order valence-electron chi connectivity index (χ3n) is 5.37. The van der Waals surface area contributed by atoms with Crippen LogP contribution in [0.3, 0.4) is 0 Å². The van der Waals surface area contributed by atoms with Crippen molar-refractivity contribution in [2.45, 2.75) is 19.9 Å². The molecule has 1 aromatic carbocycles. The van der Waals surface area contributed by atoms with Crippen molar-refractivity contribution in [3.63, 3.8) is 0 Å². The lowest BCUT2D eigenvalue weighted by Gasteiger charge is -2.26. The first-order valence-corrected chi connectivity index (χ1v) is 10.3. The average molecular weight is 413 g/mol. The van der Waals surface area contributed by atoms with Crippen molar-refractivity contribution in [3.05, 3.63) is 51.9 Å². The third-order valence-corrected chi connectivity index (χ3v) is 5.37. The van der Waals surface area contributed by atoms with E-state index in [9.17, 15) is 9.59 Å². The summed E-state index contributed by atoms with van der Waals surface area (Å²) in [7, 11) is 0. The molecule has 2 aliphatic rings. The van der Waals surface area contributed by atoms with Crippen LogP contribution in [0.15, 0.2) is 35.3 Å². The number of nitrogens with one attached hydrogen (secondary N) is 1. The molecule has 0 saturated carbocycles. The number of pyridine rings is 1. The molecule has 0 unspecified atom stereocenters. The zero-order valence-corrected chi connectivity index (χ0v) is 17.2. The van der Waals surface area contributed by atoms with E-state index in [1.807, 2.05) is 6.07 Å². The number of nitrogens with zero attached hydrogens (tertiary/aromatic N) is 2. The van der Waals surface area contributed by atoms with Gasteiger partial charge in [0.2, 0.25) is 0 Å². The van der Waals surface area contributed by atoms with Gasteiger partial charge >= 0.3 is 0 Å². The molecule has 1 aromatic heterocycles. The molecule has 0 radical (unpaired) electrons. The van der Waals surface area contributed by atoms with Crippen molar-refractivity contribution in [1.29, 1.82) is 0 Å². The number of amides is 1. The molecule has 0 atom stereocenters. The van der Waals surface area contributed by atoms with Gasteiger partial charge in [-0.2, -0.15) is 0 Å². The number of aromatic nitrogens is 1. The Morgan fingerprint density at radius 1 is 1.03 bits per heavy atom. The number of carbonyl (C=O) groups is 1. The second kappa shape index (κ2) is 9.32. The van der Waals surface area contributed by atoms with Gasteiger partial charge in [-0.05, 0) is 30.7 Å². The fourth-order valence-electron chi connectivity index (χ4n) is 3.63. The molecule has 2 aromatic rings. The molecule has 1 N–H and O–H groups in total. The van der Waals surface area contributed by atoms with Gasteiger partial charge in [0.25, 0.3) is 11.5 Å². The van der Waals surface area contributed by atoms with Crippen LogP contribution in [0.2, 0.25) is 0 Å². The maximum absolute atomic E-state index is 13.0. The lowest BCUT2D eigenvalue weighted by molar-refractivity contribution is 0.0363. The van der Waals surface area contributed by atoms with E-state index >= 15 is 0 Å². The molecule has 2 aliphatic heterocycles. The van der Waals surface area contributed by atoms with Crippen molar-refractivity contribution in [1.82, 2.24) is 9.47 Å². The SMILES string of the molecule is Cc1ccn(CCN2CCOCC2)c(=O)c1C(=O)Nc1ccc2c(c1)OCCCO2. The predicted molar refractivity (Wildman–Crippen MR) is 113 cm³/mol.